The van der Waals surface area contributed by atoms with Crippen molar-refractivity contribution in [1.82, 2.24) is 14.9 Å². The number of anilines is 1. The number of carbonyl (C=O) groups is 2. The van der Waals surface area contributed by atoms with Crippen molar-refractivity contribution in [3.05, 3.63) is 59.9 Å². The van der Waals surface area contributed by atoms with Crippen LogP contribution in [0, 0.1) is 0 Å². The van der Waals surface area contributed by atoms with E-state index in [-0.39, 0.29) is 23.3 Å². The van der Waals surface area contributed by atoms with E-state index in [2.05, 4.69) is 15.6 Å². The third-order valence-electron chi connectivity index (χ3n) is 4.14. The molecule has 0 saturated heterocycles. The average Bonchev–Trinajstić information content (AvgIpc) is 2.99. The molecule has 0 spiro atoms. The van der Waals surface area contributed by atoms with Gasteiger partial charge in [-0.3, -0.25) is 9.59 Å². The molecule has 0 aliphatic carbocycles. The summed E-state index contributed by atoms with van der Waals surface area (Å²) in [6, 6.07) is 13.6. The van der Waals surface area contributed by atoms with Crippen molar-refractivity contribution in [3.63, 3.8) is 0 Å². The van der Waals surface area contributed by atoms with Crippen LogP contribution >= 0.6 is 0 Å². The standard InChI is InChI=1S/C19H17F3N4O2/c1-26-15-8-7-13(11-14(15)25-18(26)19(20,21)22)24-17(28)16(27)23-10-9-12-5-3-2-4-6-12/h2-8,11H,9-10H2,1H3,(H,23,27)(H,24,28). The first-order chi connectivity index (χ1) is 13.3. The van der Waals surface area contributed by atoms with Crippen LogP contribution in [-0.4, -0.2) is 27.9 Å². The van der Waals surface area contributed by atoms with Gasteiger partial charge in [0.2, 0.25) is 5.82 Å². The van der Waals surface area contributed by atoms with Crippen LogP contribution in [0.5, 0.6) is 0 Å². The summed E-state index contributed by atoms with van der Waals surface area (Å²) in [5.74, 6) is -2.77. The van der Waals surface area contributed by atoms with E-state index < -0.39 is 23.8 Å². The zero-order valence-corrected chi connectivity index (χ0v) is 14.9. The number of aromatic nitrogens is 2. The Hall–Kier alpha value is -3.36. The first-order valence-electron chi connectivity index (χ1n) is 8.42. The van der Waals surface area contributed by atoms with Crippen LogP contribution in [0.4, 0.5) is 18.9 Å². The molecule has 146 valence electrons. The van der Waals surface area contributed by atoms with E-state index in [4.69, 9.17) is 0 Å². The molecule has 1 aromatic heterocycles. The lowest BCUT2D eigenvalue weighted by Crippen LogP contribution is -2.36. The molecule has 3 rings (SSSR count). The molecule has 2 N–H and O–H groups in total. The molecule has 0 radical (unpaired) electrons. The lowest BCUT2D eigenvalue weighted by molar-refractivity contribution is -0.146. The average molecular weight is 390 g/mol. The van der Waals surface area contributed by atoms with Gasteiger partial charge in [-0.2, -0.15) is 13.2 Å². The summed E-state index contributed by atoms with van der Waals surface area (Å²) >= 11 is 0. The van der Waals surface area contributed by atoms with Crippen molar-refractivity contribution < 1.29 is 22.8 Å². The molecule has 2 aromatic carbocycles. The molecule has 2 amide bonds. The molecule has 6 nitrogen and oxygen atoms in total. The number of alkyl halides is 3. The summed E-state index contributed by atoms with van der Waals surface area (Å²) in [5.41, 5.74) is 1.53. The molecule has 0 unspecified atom stereocenters. The smallest absolute Gasteiger partial charge is 0.347 e. The van der Waals surface area contributed by atoms with Gasteiger partial charge in [-0.05, 0) is 30.2 Å². The minimum atomic E-state index is -4.59. The SMILES string of the molecule is Cn1c(C(F)(F)F)nc2cc(NC(=O)C(=O)NCCc3ccccc3)ccc21. The monoisotopic (exact) mass is 390 g/mol. The summed E-state index contributed by atoms with van der Waals surface area (Å²) in [5, 5.41) is 4.87. The molecular formula is C19H17F3N4O2. The molecular weight excluding hydrogens is 373 g/mol. The molecule has 0 bridgehead atoms. The van der Waals surface area contributed by atoms with Gasteiger partial charge in [0.05, 0.1) is 11.0 Å². The Morgan fingerprint density at radius 2 is 1.79 bits per heavy atom. The summed E-state index contributed by atoms with van der Waals surface area (Å²) in [6.45, 7) is 0.282. The topological polar surface area (TPSA) is 76.0 Å². The molecule has 0 aliphatic rings. The van der Waals surface area contributed by atoms with E-state index in [9.17, 15) is 22.8 Å². The number of amides is 2. The van der Waals surface area contributed by atoms with E-state index >= 15 is 0 Å². The van der Waals surface area contributed by atoms with E-state index in [0.717, 1.165) is 10.1 Å². The number of benzene rings is 2. The van der Waals surface area contributed by atoms with Gasteiger partial charge >= 0.3 is 18.0 Å². The van der Waals surface area contributed by atoms with Gasteiger partial charge in [-0.1, -0.05) is 30.3 Å². The van der Waals surface area contributed by atoms with Crippen molar-refractivity contribution in [2.24, 2.45) is 7.05 Å². The third kappa shape index (κ3) is 4.30. The molecule has 28 heavy (non-hydrogen) atoms. The number of rotatable bonds is 4. The van der Waals surface area contributed by atoms with E-state index in [0.29, 0.717) is 6.42 Å². The lowest BCUT2D eigenvalue weighted by atomic mass is 10.1. The van der Waals surface area contributed by atoms with E-state index in [1.807, 2.05) is 30.3 Å². The van der Waals surface area contributed by atoms with Crippen LogP contribution in [-0.2, 0) is 29.2 Å². The number of carbonyl (C=O) groups excluding carboxylic acids is 2. The van der Waals surface area contributed by atoms with Crippen LogP contribution in [0.2, 0.25) is 0 Å². The molecule has 1 heterocycles. The Morgan fingerprint density at radius 1 is 1.07 bits per heavy atom. The number of hydrogen-bond donors (Lipinski definition) is 2. The number of imidazole rings is 1. The van der Waals surface area contributed by atoms with Gasteiger partial charge in [-0.25, -0.2) is 4.98 Å². The van der Waals surface area contributed by atoms with Crippen LogP contribution in [0.1, 0.15) is 11.4 Å². The molecule has 0 saturated carbocycles. The molecule has 0 aliphatic heterocycles. The minimum absolute atomic E-state index is 0.0668. The first-order valence-corrected chi connectivity index (χ1v) is 8.42. The van der Waals surface area contributed by atoms with Crippen molar-refractivity contribution >= 4 is 28.5 Å². The lowest BCUT2D eigenvalue weighted by Gasteiger charge is -2.07. The second-order valence-corrected chi connectivity index (χ2v) is 6.14. The number of nitrogens with one attached hydrogen (secondary N) is 2. The Labute approximate surface area is 158 Å². The van der Waals surface area contributed by atoms with Crippen LogP contribution in [0.3, 0.4) is 0 Å². The highest BCUT2D eigenvalue weighted by molar-refractivity contribution is 6.39. The largest absolute Gasteiger partial charge is 0.449 e. The summed E-state index contributed by atoms with van der Waals surface area (Å²) in [6.07, 6.45) is -4.02. The minimum Gasteiger partial charge on any atom is -0.347 e. The Morgan fingerprint density at radius 3 is 2.46 bits per heavy atom. The third-order valence-corrected chi connectivity index (χ3v) is 4.14. The molecule has 9 heteroatoms. The second-order valence-electron chi connectivity index (χ2n) is 6.14. The van der Waals surface area contributed by atoms with Gasteiger partial charge in [0.15, 0.2) is 0 Å². The number of aryl methyl sites for hydroxylation is 1. The highest BCUT2D eigenvalue weighted by Crippen LogP contribution is 2.31. The predicted molar refractivity (Wildman–Crippen MR) is 97.5 cm³/mol. The fraction of sp³-hybridized carbons (Fsp3) is 0.211. The van der Waals surface area contributed by atoms with Gasteiger partial charge in [-0.15, -0.1) is 0 Å². The number of halogens is 3. The Bertz CT molecular complexity index is 1010. The molecule has 3 aromatic rings. The summed E-state index contributed by atoms with van der Waals surface area (Å²) in [4.78, 5) is 27.5. The number of nitrogens with zero attached hydrogens (tertiary/aromatic N) is 2. The van der Waals surface area contributed by atoms with Gasteiger partial charge in [0, 0.05) is 19.3 Å². The second kappa shape index (κ2) is 7.71. The van der Waals surface area contributed by atoms with Crippen LogP contribution in [0.15, 0.2) is 48.5 Å². The van der Waals surface area contributed by atoms with Crippen molar-refractivity contribution in [3.8, 4) is 0 Å². The zero-order valence-electron chi connectivity index (χ0n) is 14.9. The van der Waals surface area contributed by atoms with Crippen molar-refractivity contribution in [1.29, 1.82) is 0 Å². The van der Waals surface area contributed by atoms with Gasteiger partial charge in [0.1, 0.15) is 0 Å². The van der Waals surface area contributed by atoms with Crippen LogP contribution < -0.4 is 10.6 Å². The summed E-state index contributed by atoms with van der Waals surface area (Å²) in [7, 11) is 1.26. The number of fused-ring (bicyclic) bond motifs is 1. The fourth-order valence-corrected chi connectivity index (χ4v) is 2.76. The van der Waals surface area contributed by atoms with Gasteiger partial charge < -0.3 is 15.2 Å². The Kier molecular flexibility index (Phi) is 5.34. The maximum atomic E-state index is 12.9. The zero-order chi connectivity index (χ0) is 20.3. The summed E-state index contributed by atoms with van der Waals surface area (Å²) < 4.78 is 39.7. The van der Waals surface area contributed by atoms with Gasteiger partial charge in [0.25, 0.3) is 0 Å². The van der Waals surface area contributed by atoms with Crippen molar-refractivity contribution in [2.45, 2.75) is 12.6 Å². The van der Waals surface area contributed by atoms with E-state index in [1.54, 1.807) is 0 Å². The molecule has 0 fully saturated rings. The quantitative estimate of drug-likeness (QED) is 0.673. The van der Waals surface area contributed by atoms with Crippen LogP contribution in [0.25, 0.3) is 11.0 Å². The van der Waals surface area contributed by atoms with Crippen molar-refractivity contribution in [2.75, 3.05) is 11.9 Å². The maximum absolute atomic E-state index is 12.9. The molecule has 0 atom stereocenters. The first kappa shape index (κ1) is 19.4. The maximum Gasteiger partial charge on any atom is 0.449 e. The predicted octanol–water partition coefficient (Wildman–Crippen LogP) is 2.89. The highest BCUT2D eigenvalue weighted by atomic mass is 19.4. The van der Waals surface area contributed by atoms with E-state index in [1.165, 1.54) is 25.2 Å². The highest BCUT2D eigenvalue weighted by Gasteiger charge is 2.36. The Balaban J connectivity index is 1.63. The normalized spacial score (nSPS) is 11.4. The fourth-order valence-electron chi connectivity index (χ4n) is 2.76. The number of hydrogen-bond acceptors (Lipinski definition) is 3.